The first-order valence-corrected chi connectivity index (χ1v) is 6.29. The highest BCUT2D eigenvalue weighted by Gasteiger charge is 2.26. The van der Waals surface area contributed by atoms with Gasteiger partial charge in [-0.2, -0.15) is 0 Å². The molecule has 1 aromatic rings. The molecule has 0 heterocycles. The molecule has 1 fully saturated rings. The maximum absolute atomic E-state index is 10.7. The molecule has 2 rings (SSSR count). The van der Waals surface area contributed by atoms with Gasteiger partial charge in [-0.05, 0) is 25.3 Å². The molecule has 0 aromatic heterocycles. The number of methoxy groups -OCH3 is 1. The Morgan fingerprint density at radius 1 is 1.32 bits per heavy atom. The molecule has 0 radical (unpaired) electrons. The first-order chi connectivity index (χ1) is 9.11. The number of nitro benzene ring substituents is 1. The van der Waals surface area contributed by atoms with Gasteiger partial charge in [-0.3, -0.25) is 10.1 Å². The van der Waals surface area contributed by atoms with Crippen molar-refractivity contribution in [1.29, 1.82) is 0 Å². The number of rotatable bonds is 4. The van der Waals surface area contributed by atoms with Crippen LogP contribution in [-0.4, -0.2) is 29.3 Å². The Hall–Kier alpha value is -1.82. The molecule has 0 saturated heterocycles. The summed E-state index contributed by atoms with van der Waals surface area (Å²) < 4.78 is 10.8. The minimum atomic E-state index is -0.492. The van der Waals surface area contributed by atoms with Gasteiger partial charge in [-0.25, -0.2) is 0 Å². The molecule has 0 aliphatic heterocycles. The lowest BCUT2D eigenvalue weighted by molar-refractivity contribution is -0.385. The first kappa shape index (κ1) is 13.6. The third kappa shape index (κ3) is 3.14. The van der Waals surface area contributed by atoms with Gasteiger partial charge in [0.2, 0.25) is 0 Å². The number of aliphatic hydroxyl groups is 1. The first-order valence-electron chi connectivity index (χ1n) is 6.29. The van der Waals surface area contributed by atoms with Crippen LogP contribution < -0.4 is 9.47 Å². The van der Waals surface area contributed by atoms with E-state index < -0.39 is 11.0 Å². The second-order valence-electron chi connectivity index (χ2n) is 4.60. The highest BCUT2D eigenvalue weighted by atomic mass is 16.6. The molecule has 1 aliphatic carbocycles. The molecule has 0 spiro atoms. The van der Waals surface area contributed by atoms with E-state index in [1.165, 1.54) is 25.3 Å². The quantitative estimate of drug-likeness (QED) is 0.668. The Balaban J connectivity index is 2.17. The van der Waals surface area contributed by atoms with E-state index in [2.05, 4.69) is 0 Å². The zero-order valence-corrected chi connectivity index (χ0v) is 10.7. The van der Waals surface area contributed by atoms with Crippen LogP contribution in [0, 0.1) is 10.1 Å². The zero-order valence-electron chi connectivity index (χ0n) is 10.7. The van der Waals surface area contributed by atoms with Crippen LogP contribution in [0.3, 0.4) is 0 Å². The summed E-state index contributed by atoms with van der Waals surface area (Å²) in [5.74, 6) is 0.742. The summed E-state index contributed by atoms with van der Waals surface area (Å²) in [6.45, 7) is 0. The Bertz CT molecular complexity index is 462. The van der Waals surface area contributed by atoms with Gasteiger partial charge in [0.05, 0.1) is 24.2 Å². The summed E-state index contributed by atoms with van der Waals surface area (Å²) in [6.07, 6.45) is 2.74. The normalized spacial score (nSPS) is 22.8. The molecule has 0 amide bonds. The van der Waals surface area contributed by atoms with E-state index in [0.717, 1.165) is 25.7 Å². The third-order valence-electron chi connectivity index (χ3n) is 3.30. The SMILES string of the molecule is COc1cc([N+](=O)[O-])ccc1O[C@H]1CCCC[C@@H]1O. The van der Waals surface area contributed by atoms with Crippen molar-refractivity contribution >= 4 is 5.69 Å². The highest BCUT2D eigenvalue weighted by Crippen LogP contribution is 2.34. The summed E-state index contributed by atoms with van der Waals surface area (Å²) in [5, 5.41) is 20.6. The van der Waals surface area contributed by atoms with Crippen LogP contribution in [0.4, 0.5) is 5.69 Å². The second-order valence-corrected chi connectivity index (χ2v) is 4.60. The largest absolute Gasteiger partial charge is 0.493 e. The number of hydrogen-bond acceptors (Lipinski definition) is 5. The maximum atomic E-state index is 10.7. The van der Waals surface area contributed by atoms with Gasteiger partial charge in [0.15, 0.2) is 11.5 Å². The van der Waals surface area contributed by atoms with Crippen molar-refractivity contribution < 1.29 is 19.5 Å². The number of ether oxygens (including phenoxy) is 2. The molecule has 1 aromatic carbocycles. The Morgan fingerprint density at radius 3 is 2.68 bits per heavy atom. The van der Waals surface area contributed by atoms with Crippen molar-refractivity contribution in [1.82, 2.24) is 0 Å². The number of nitro groups is 1. The molecule has 0 bridgehead atoms. The van der Waals surface area contributed by atoms with E-state index >= 15 is 0 Å². The fourth-order valence-corrected chi connectivity index (χ4v) is 2.25. The smallest absolute Gasteiger partial charge is 0.273 e. The average Bonchev–Trinajstić information content (AvgIpc) is 2.41. The third-order valence-corrected chi connectivity index (χ3v) is 3.30. The van der Waals surface area contributed by atoms with Crippen molar-refractivity contribution in [3.05, 3.63) is 28.3 Å². The van der Waals surface area contributed by atoms with Crippen LogP contribution in [0.2, 0.25) is 0 Å². The Kier molecular flexibility index (Phi) is 4.21. The molecule has 104 valence electrons. The highest BCUT2D eigenvalue weighted by molar-refractivity contribution is 5.48. The number of benzene rings is 1. The van der Waals surface area contributed by atoms with Gasteiger partial charge < -0.3 is 14.6 Å². The van der Waals surface area contributed by atoms with Crippen molar-refractivity contribution in [2.24, 2.45) is 0 Å². The van der Waals surface area contributed by atoms with Crippen molar-refractivity contribution in [3.8, 4) is 11.5 Å². The summed E-state index contributed by atoms with van der Waals surface area (Å²) >= 11 is 0. The minimum absolute atomic E-state index is 0.0478. The van der Waals surface area contributed by atoms with E-state index in [9.17, 15) is 15.2 Å². The van der Waals surface area contributed by atoms with Crippen molar-refractivity contribution in [3.63, 3.8) is 0 Å². The monoisotopic (exact) mass is 267 g/mol. The van der Waals surface area contributed by atoms with Crippen LogP contribution in [0.5, 0.6) is 11.5 Å². The van der Waals surface area contributed by atoms with Gasteiger partial charge in [-0.1, -0.05) is 6.42 Å². The summed E-state index contributed by atoms with van der Waals surface area (Å²) in [4.78, 5) is 10.2. The molecule has 2 atom stereocenters. The number of aliphatic hydroxyl groups excluding tert-OH is 1. The van der Waals surface area contributed by atoms with E-state index in [1.54, 1.807) is 0 Å². The topological polar surface area (TPSA) is 81.8 Å². The summed E-state index contributed by atoms with van der Waals surface area (Å²) in [6, 6.07) is 4.20. The molecule has 6 heteroatoms. The van der Waals surface area contributed by atoms with Gasteiger partial charge in [0.25, 0.3) is 5.69 Å². The van der Waals surface area contributed by atoms with Crippen LogP contribution in [0.15, 0.2) is 18.2 Å². The fraction of sp³-hybridized carbons (Fsp3) is 0.538. The van der Waals surface area contributed by atoms with Crippen LogP contribution in [0.25, 0.3) is 0 Å². The minimum Gasteiger partial charge on any atom is -0.493 e. The Morgan fingerprint density at radius 2 is 2.05 bits per heavy atom. The molecular weight excluding hydrogens is 250 g/mol. The predicted molar refractivity (Wildman–Crippen MR) is 68.5 cm³/mol. The van der Waals surface area contributed by atoms with Crippen LogP contribution >= 0.6 is 0 Å². The van der Waals surface area contributed by atoms with Crippen molar-refractivity contribution in [2.45, 2.75) is 37.9 Å². The predicted octanol–water partition coefficient (Wildman–Crippen LogP) is 2.29. The van der Waals surface area contributed by atoms with E-state index in [-0.39, 0.29) is 11.8 Å². The molecule has 6 nitrogen and oxygen atoms in total. The standard InChI is InChI=1S/C13H17NO5/c1-18-13-8-9(14(16)17)6-7-12(13)19-11-5-3-2-4-10(11)15/h6-8,10-11,15H,2-5H2,1H3/t10-,11-/m0/s1. The van der Waals surface area contributed by atoms with E-state index in [1.807, 2.05) is 0 Å². The Labute approximate surface area is 111 Å². The fourth-order valence-electron chi connectivity index (χ4n) is 2.25. The number of hydrogen-bond donors (Lipinski definition) is 1. The van der Waals surface area contributed by atoms with Crippen molar-refractivity contribution in [2.75, 3.05) is 7.11 Å². The van der Waals surface area contributed by atoms with Crippen LogP contribution in [-0.2, 0) is 0 Å². The van der Waals surface area contributed by atoms with E-state index in [0.29, 0.717) is 11.5 Å². The molecule has 1 saturated carbocycles. The number of non-ortho nitro benzene ring substituents is 1. The van der Waals surface area contributed by atoms with Gasteiger partial charge >= 0.3 is 0 Å². The molecule has 19 heavy (non-hydrogen) atoms. The lowest BCUT2D eigenvalue weighted by Crippen LogP contribution is -2.34. The van der Waals surface area contributed by atoms with Gasteiger partial charge in [-0.15, -0.1) is 0 Å². The lowest BCUT2D eigenvalue weighted by Gasteiger charge is -2.28. The summed E-state index contributed by atoms with van der Waals surface area (Å²) in [5.41, 5.74) is -0.0478. The summed E-state index contributed by atoms with van der Waals surface area (Å²) in [7, 11) is 1.43. The number of nitrogens with zero attached hydrogens (tertiary/aromatic N) is 1. The zero-order chi connectivity index (χ0) is 13.8. The van der Waals surface area contributed by atoms with Gasteiger partial charge in [0, 0.05) is 6.07 Å². The molecule has 1 N–H and O–H groups in total. The average molecular weight is 267 g/mol. The second kappa shape index (κ2) is 5.88. The van der Waals surface area contributed by atoms with Crippen LogP contribution in [0.1, 0.15) is 25.7 Å². The molecule has 0 unspecified atom stereocenters. The lowest BCUT2D eigenvalue weighted by atomic mass is 9.95. The maximum Gasteiger partial charge on any atom is 0.273 e. The molecular formula is C13H17NO5. The molecule has 1 aliphatic rings. The van der Waals surface area contributed by atoms with Gasteiger partial charge in [0.1, 0.15) is 6.10 Å². The van der Waals surface area contributed by atoms with E-state index in [4.69, 9.17) is 9.47 Å².